The lowest BCUT2D eigenvalue weighted by molar-refractivity contribution is -0.385. The van der Waals surface area contributed by atoms with Crippen molar-refractivity contribution >= 4 is 27.4 Å². The van der Waals surface area contributed by atoms with Crippen molar-refractivity contribution in [3.8, 4) is 11.5 Å². The molecule has 0 unspecified atom stereocenters. The fourth-order valence-electron chi connectivity index (χ4n) is 1.63. The molecule has 2 aromatic rings. The van der Waals surface area contributed by atoms with E-state index in [4.69, 9.17) is 4.74 Å². The minimum absolute atomic E-state index is 0.0245. The molecule has 108 valence electrons. The Hall–Kier alpha value is -2.28. The number of carbonyl (C=O) groups is 1. The van der Waals surface area contributed by atoms with E-state index in [9.17, 15) is 19.3 Å². The Bertz CT molecular complexity index is 733. The second kappa shape index (κ2) is 6.01. The molecule has 0 aliphatic heterocycles. The van der Waals surface area contributed by atoms with Gasteiger partial charge in [0.15, 0.2) is 5.78 Å². The lowest BCUT2D eigenvalue weighted by Gasteiger charge is -2.08. The Balaban J connectivity index is 2.41. The Morgan fingerprint density at radius 3 is 2.57 bits per heavy atom. The van der Waals surface area contributed by atoms with E-state index in [0.29, 0.717) is 0 Å². The normalized spacial score (nSPS) is 10.2. The van der Waals surface area contributed by atoms with Gasteiger partial charge in [0, 0.05) is 11.6 Å². The summed E-state index contributed by atoms with van der Waals surface area (Å²) in [5.74, 6) is -0.539. The van der Waals surface area contributed by atoms with Crippen LogP contribution in [0.3, 0.4) is 0 Å². The van der Waals surface area contributed by atoms with E-state index in [1.54, 1.807) is 0 Å². The van der Waals surface area contributed by atoms with Crippen LogP contribution in [0.2, 0.25) is 0 Å². The maximum absolute atomic E-state index is 13.1. The summed E-state index contributed by atoms with van der Waals surface area (Å²) >= 11 is 3.00. The number of halogens is 2. The largest absolute Gasteiger partial charge is 0.450 e. The van der Waals surface area contributed by atoms with E-state index >= 15 is 0 Å². The zero-order valence-corrected chi connectivity index (χ0v) is 12.4. The molecule has 0 spiro atoms. The van der Waals surface area contributed by atoms with Gasteiger partial charge in [0.2, 0.25) is 5.75 Å². The summed E-state index contributed by atoms with van der Waals surface area (Å²) in [7, 11) is 0. The van der Waals surface area contributed by atoms with Gasteiger partial charge in [0.05, 0.1) is 9.40 Å². The molecular formula is C14H9BrFNO4. The number of nitrogens with zero attached hydrogens (tertiary/aromatic N) is 1. The third-order valence-electron chi connectivity index (χ3n) is 2.68. The summed E-state index contributed by atoms with van der Waals surface area (Å²) < 4.78 is 18.7. The number of rotatable bonds is 4. The van der Waals surface area contributed by atoms with Crippen LogP contribution in [-0.4, -0.2) is 10.7 Å². The van der Waals surface area contributed by atoms with Gasteiger partial charge in [0.25, 0.3) is 0 Å². The third-order valence-corrected chi connectivity index (χ3v) is 3.29. The minimum Gasteiger partial charge on any atom is -0.450 e. The number of hydrogen-bond donors (Lipinski definition) is 0. The number of ketones is 1. The van der Waals surface area contributed by atoms with E-state index in [-0.39, 0.29) is 33.0 Å². The first kappa shape index (κ1) is 15.1. The molecule has 7 heteroatoms. The highest BCUT2D eigenvalue weighted by atomic mass is 79.9. The van der Waals surface area contributed by atoms with Gasteiger partial charge in [-0.15, -0.1) is 0 Å². The molecule has 0 heterocycles. The molecule has 0 radical (unpaired) electrons. The maximum Gasteiger partial charge on any atom is 0.312 e. The zero-order valence-electron chi connectivity index (χ0n) is 10.8. The number of carbonyl (C=O) groups excluding carboxylic acids is 1. The molecule has 5 nitrogen and oxygen atoms in total. The van der Waals surface area contributed by atoms with Gasteiger partial charge < -0.3 is 4.74 Å². The molecule has 0 saturated heterocycles. The Morgan fingerprint density at radius 1 is 1.29 bits per heavy atom. The van der Waals surface area contributed by atoms with Crippen molar-refractivity contribution < 1.29 is 18.8 Å². The Labute approximate surface area is 127 Å². The number of nitro benzene ring substituents is 1. The van der Waals surface area contributed by atoms with Crippen LogP contribution in [0.25, 0.3) is 0 Å². The fourth-order valence-corrected chi connectivity index (χ4v) is 1.99. The van der Waals surface area contributed by atoms with Gasteiger partial charge in [-0.2, -0.15) is 0 Å². The molecule has 0 saturated carbocycles. The molecular weight excluding hydrogens is 345 g/mol. The maximum atomic E-state index is 13.1. The van der Waals surface area contributed by atoms with Gasteiger partial charge in [-0.1, -0.05) is 0 Å². The van der Waals surface area contributed by atoms with Crippen LogP contribution in [0, 0.1) is 15.9 Å². The van der Waals surface area contributed by atoms with Crippen molar-refractivity contribution in [2.75, 3.05) is 0 Å². The highest BCUT2D eigenvalue weighted by Crippen LogP contribution is 2.33. The van der Waals surface area contributed by atoms with Crippen molar-refractivity contribution in [1.82, 2.24) is 0 Å². The molecule has 0 aromatic heterocycles. The minimum atomic E-state index is -0.639. The van der Waals surface area contributed by atoms with E-state index in [2.05, 4.69) is 15.9 Å². The molecule has 2 rings (SSSR count). The summed E-state index contributed by atoms with van der Waals surface area (Å²) in [6.45, 7) is 1.32. The van der Waals surface area contributed by atoms with Gasteiger partial charge in [-0.05, 0) is 53.2 Å². The standard InChI is InChI=1S/C14H9BrFNO4/c1-8(18)9-2-5-14(13(6-9)17(19)20)21-10-3-4-12(16)11(15)7-10/h2-7H,1H3. The van der Waals surface area contributed by atoms with Gasteiger partial charge >= 0.3 is 5.69 Å². The van der Waals surface area contributed by atoms with E-state index < -0.39 is 10.7 Å². The highest BCUT2D eigenvalue weighted by molar-refractivity contribution is 9.10. The van der Waals surface area contributed by atoms with Crippen molar-refractivity contribution in [1.29, 1.82) is 0 Å². The lowest BCUT2D eigenvalue weighted by Crippen LogP contribution is -1.98. The SMILES string of the molecule is CC(=O)c1ccc(Oc2ccc(F)c(Br)c2)c([N+](=O)[O-])c1. The van der Waals surface area contributed by atoms with Crippen LogP contribution in [0.15, 0.2) is 40.9 Å². The summed E-state index contributed by atoms with van der Waals surface area (Å²) in [4.78, 5) is 21.7. The summed E-state index contributed by atoms with van der Waals surface area (Å²) in [5, 5.41) is 11.1. The number of benzene rings is 2. The predicted molar refractivity (Wildman–Crippen MR) is 77.3 cm³/mol. The number of Topliss-reactive ketones (excluding diaryl/α,β-unsaturated/α-hetero) is 1. The highest BCUT2D eigenvalue weighted by Gasteiger charge is 2.18. The zero-order chi connectivity index (χ0) is 15.6. The van der Waals surface area contributed by atoms with E-state index in [1.165, 1.54) is 37.3 Å². The summed E-state index contributed by atoms with van der Waals surface area (Å²) in [6.07, 6.45) is 0. The Kier molecular flexibility index (Phi) is 4.32. The van der Waals surface area contributed by atoms with Crippen LogP contribution in [0.1, 0.15) is 17.3 Å². The average molecular weight is 354 g/mol. The number of nitro groups is 1. The van der Waals surface area contributed by atoms with Crippen LogP contribution in [0.4, 0.5) is 10.1 Å². The quantitative estimate of drug-likeness (QED) is 0.461. The lowest BCUT2D eigenvalue weighted by atomic mass is 10.1. The van der Waals surface area contributed by atoms with E-state index in [1.807, 2.05) is 0 Å². The summed E-state index contributed by atoms with van der Waals surface area (Å²) in [5.41, 5.74) is -0.113. The monoisotopic (exact) mass is 353 g/mol. The Morgan fingerprint density at radius 2 is 2.00 bits per heavy atom. The van der Waals surface area contributed by atoms with Gasteiger partial charge in [-0.25, -0.2) is 4.39 Å². The fraction of sp³-hybridized carbons (Fsp3) is 0.0714. The first-order valence-electron chi connectivity index (χ1n) is 5.81. The molecule has 2 aromatic carbocycles. The van der Waals surface area contributed by atoms with Gasteiger partial charge in [-0.3, -0.25) is 14.9 Å². The first-order chi connectivity index (χ1) is 9.88. The van der Waals surface area contributed by atoms with Crippen LogP contribution in [-0.2, 0) is 0 Å². The molecule has 0 aliphatic carbocycles. The van der Waals surface area contributed by atoms with Crippen LogP contribution >= 0.6 is 15.9 Å². The van der Waals surface area contributed by atoms with Crippen LogP contribution < -0.4 is 4.74 Å². The molecule has 0 atom stereocenters. The first-order valence-corrected chi connectivity index (χ1v) is 6.60. The summed E-state index contributed by atoms with van der Waals surface area (Å²) in [6, 6.07) is 7.81. The molecule has 21 heavy (non-hydrogen) atoms. The topological polar surface area (TPSA) is 69.4 Å². The van der Waals surface area contributed by atoms with Gasteiger partial charge in [0.1, 0.15) is 11.6 Å². The van der Waals surface area contributed by atoms with Crippen molar-refractivity contribution in [2.24, 2.45) is 0 Å². The second-order valence-electron chi connectivity index (χ2n) is 4.17. The molecule has 0 aliphatic rings. The number of hydrogen-bond acceptors (Lipinski definition) is 4. The smallest absolute Gasteiger partial charge is 0.312 e. The average Bonchev–Trinajstić information content (AvgIpc) is 2.43. The molecule has 0 amide bonds. The van der Waals surface area contributed by atoms with Crippen molar-refractivity contribution in [3.63, 3.8) is 0 Å². The van der Waals surface area contributed by atoms with Crippen LogP contribution in [0.5, 0.6) is 11.5 Å². The predicted octanol–water partition coefficient (Wildman–Crippen LogP) is 4.49. The number of ether oxygens (including phenoxy) is 1. The van der Waals surface area contributed by atoms with E-state index in [0.717, 1.165) is 6.07 Å². The van der Waals surface area contributed by atoms with Crippen molar-refractivity contribution in [2.45, 2.75) is 6.92 Å². The third kappa shape index (κ3) is 3.43. The molecule has 0 bridgehead atoms. The van der Waals surface area contributed by atoms with Crippen molar-refractivity contribution in [3.05, 3.63) is 62.4 Å². The second-order valence-corrected chi connectivity index (χ2v) is 5.03. The molecule has 0 N–H and O–H groups in total. The molecule has 0 fully saturated rings.